The van der Waals surface area contributed by atoms with E-state index in [0.717, 1.165) is 11.3 Å². The predicted octanol–water partition coefficient (Wildman–Crippen LogP) is 4.07. The molecule has 0 atom stereocenters. The van der Waals surface area contributed by atoms with Crippen molar-refractivity contribution in [3.05, 3.63) is 36.7 Å². The lowest BCUT2D eigenvalue weighted by Crippen LogP contribution is -2.40. The Hall–Kier alpha value is -1.09. The Kier molecular flexibility index (Phi) is 3.58. The van der Waals surface area contributed by atoms with E-state index in [-0.39, 0.29) is 5.04 Å². The summed E-state index contributed by atoms with van der Waals surface area (Å²) in [5.74, 6) is 0.758. The molecule has 0 amide bonds. The quantitative estimate of drug-likeness (QED) is 0.582. The van der Waals surface area contributed by atoms with Crippen LogP contribution in [0.2, 0.25) is 18.1 Å². The molecule has 0 aliphatic rings. The number of hydrogen-bond acceptors (Lipinski definition) is 2. The van der Waals surface area contributed by atoms with Crippen LogP contribution in [0.3, 0.4) is 0 Å². The first-order valence-corrected chi connectivity index (χ1v) is 8.43. The SMILES string of the molecule is C=C(O[Si](C)(C)C(C)(C)C)c1ccncc1. The fraction of sp³-hybridized carbons (Fsp3) is 0.462. The van der Waals surface area contributed by atoms with Crippen molar-refractivity contribution >= 4 is 14.1 Å². The van der Waals surface area contributed by atoms with Crippen molar-refractivity contribution in [2.24, 2.45) is 0 Å². The van der Waals surface area contributed by atoms with Crippen LogP contribution >= 0.6 is 0 Å². The molecule has 0 radical (unpaired) electrons. The van der Waals surface area contributed by atoms with Gasteiger partial charge >= 0.3 is 0 Å². The van der Waals surface area contributed by atoms with Crippen LogP contribution in [0.1, 0.15) is 26.3 Å². The molecule has 0 spiro atoms. The van der Waals surface area contributed by atoms with Gasteiger partial charge in [-0.2, -0.15) is 0 Å². The number of pyridine rings is 1. The van der Waals surface area contributed by atoms with Crippen LogP contribution in [0.25, 0.3) is 5.76 Å². The lowest BCUT2D eigenvalue weighted by molar-refractivity contribution is 0.459. The summed E-state index contributed by atoms with van der Waals surface area (Å²) in [7, 11) is -1.77. The topological polar surface area (TPSA) is 22.1 Å². The van der Waals surface area contributed by atoms with Gasteiger partial charge in [-0.15, -0.1) is 0 Å². The summed E-state index contributed by atoms with van der Waals surface area (Å²) in [4.78, 5) is 3.99. The van der Waals surface area contributed by atoms with Crippen LogP contribution in [0, 0.1) is 0 Å². The van der Waals surface area contributed by atoms with E-state index in [0.29, 0.717) is 0 Å². The number of rotatable bonds is 3. The minimum atomic E-state index is -1.77. The molecule has 16 heavy (non-hydrogen) atoms. The lowest BCUT2D eigenvalue weighted by Gasteiger charge is -2.37. The zero-order valence-electron chi connectivity index (χ0n) is 10.9. The summed E-state index contributed by atoms with van der Waals surface area (Å²) in [6.07, 6.45) is 3.52. The first-order valence-electron chi connectivity index (χ1n) is 5.52. The smallest absolute Gasteiger partial charge is 0.250 e. The van der Waals surface area contributed by atoms with Gasteiger partial charge in [-0.25, -0.2) is 0 Å². The molecule has 0 aromatic carbocycles. The average Bonchev–Trinajstić information content (AvgIpc) is 2.16. The van der Waals surface area contributed by atoms with E-state index < -0.39 is 8.32 Å². The van der Waals surface area contributed by atoms with Crippen molar-refractivity contribution in [1.29, 1.82) is 0 Å². The van der Waals surface area contributed by atoms with Crippen molar-refractivity contribution in [2.75, 3.05) is 0 Å². The Balaban J connectivity index is 2.80. The zero-order chi connectivity index (χ0) is 12.4. The molecule has 0 N–H and O–H groups in total. The van der Waals surface area contributed by atoms with E-state index in [9.17, 15) is 0 Å². The van der Waals surface area contributed by atoms with Gasteiger partial charge in [-0.1, -0.05) is 27.4 Å². The molecule has 1 aromatic heterocycles. The second-order valence-electron chi connectivity index (χ2n) is 5.52. The molecule has 0 fully saturated rings. The van der Waals surface area contributed by atoms with Gasteiger partial charge in [0.2, 0.25) is 8.32 Å². The Labute approximate surface area is 99.5 Å². The summed E-state index contributed by atoms with van der Waals surface area (Å²) in [5.41, 5.74) is 1.01. The summed E-state index contributed by atoms with van der Waals surface area (Å²) >= 11 is 0. The van der Waals surface area contributed by atoms with Crippen molar-refractivity contribution in [3.8, 4) is 0 Å². The average molecular weight is 235 g/mol. The van der Waals surface area contributed by atoms with Crippen LogP contribution in [0.4, 0.5) is 0 Å². The van der Waals surface area contributed by atoms with Gasteiger partial charge in [0, 0.05) is 18.0 Å². The third kappa shape index (κ3) is 2.95. The Morgan fingerprint density at radius 2 is 1.75 bits per heavy atom. The van der Waals surface area contributed by atoms with Gasteiger partial charge in [0.1, 0.15) is 5.76 Å². The zero-order valence-corrected chi connectivity index (χ0v) is 11.9. The molecule has 1 aromatic rings. The minimum Gasteiger partial charge on any atom is -0.543 e. The second-order valence-corrected chi connectivity index (χ2v) is 10.2. The highest BCUT2D eigenvalue weighted by Crippen LogP contribution is 2.38. The fourth-order valence-corrected chi connectivity index (χ4v) is 2.10. The maximum absolute atomic E-state index is 6.10. The van der Waals surface area contributed by atoms with Crippen LogP contribution < -0.4 is 0 Å². The van der Waals surface area contributed by atoms with Crippen molar-refractivity contribution in [1.82, 2.24) is 4.98 Å². The van der Waals surface area contributed by atoms with Crippen molar-refractivity contribution < 1.29 is 4.43 Å². The van der Waals surface area contributed by atoms with Gasteiger partial charge in [-0.3, -0.25) is 4.98 Å². The largest absolute Gasteiger partial charge is 0.543 e. The summed E-state index contributed by atoms with van der Waals surface area (Å²) in [6, 6.07) is 3.85. The minimum absolute atomic E-state index is 0.197. The molecule has 0 aliphatic heterocycles. The van der Waals surface area contributed by atoms with Crippen LogP contribution in [0.15, 0.2) is 31.1 Å². The first-order chi connectivity index (χ1) is 7.24. The van der Waals surface area contributed by atoms with Crippen molar-refractivity contribution in [2.45, 2.75) is 38.9 Å². The highest BCUT2D eigenvalue weighted by molar-refractivity contribution is 6.74. The maximum atomic E-state index is 6.10. The molecule has 88 valence electrons. The first kappa shape index (κ1) is 13.0. The van der Waals surface area contributed by atoms with E-state index >= 15 is 0 Å². The van der Waals surface area contributed by atoms with E-state index in [2.05, 4.69) is 45.4 Å². The lowest BCUT2D eigenvalue weighted by atomic mass is 10.2. The van der Waals surface area contributed by atoms with E-state index in [4.69, 9.17) is 4.43 Å². The van der Waals surface area contributed by atoms with Crippen LogP contribution in [-0.2, 0) is 4.43 Å². The monoisotopic (exact) mass is 235 g/mol. The molecule has 1 rings (SSSR count). The van der Waals surface area contributed by atoms with Crippen LogP contribution in [0.5, 0.6) is 0 Å². The Morgan fingerprint density at radius 3 is 2.19 bits per heavy atom. The molecule has 0 unspecified atom stereocenters. The third-order valence-electron chi connectivity index (χ3n) is 3.19. The summed E-state index contributed by atoms with van der Waals surface area (Å²) in [5, 5.41) is 0.197. The molecule has 0 saturated heterocycles. The summed E-state index contributed by atoms with van der Waals surface area (Å²) < 4.78 is 6.10. The molecular formula is C13H21NOSi. The molecule has 0 saturated carbocycles. The maximum Gasteiger partial charge on any atom is 0.250 e. The predicted molar refractivity (Wildman–Crippen MR) is 71.6 cm³/mol. The molecule has 2 nitrogen and oxygen atoms in total. The second kappa shape index (κ2) is 4.42. The number of nitrogens with zero attached hydrogens (tertiary/aromatic N) is 1. The number of aromatic nitrogens is 1. The molecule has 0 bridgehead atoms. The Morgan fingerprint density at radius 1 is 1.25 bits per heavy atom. The molecular weight excluding hydrogens is 214 g/mol. The van der Waals surface area contributed by atoms with Crippen LogP contribution in [-0.4, -0.2) is 13.3 Å². The highest BCUT2D eigenvalue weighted by atomic mass is 28.4. The Bertz CT molecular complexity index is 365. The summed E-state index contributed by atoms with van der Waals surface area (Å²) in [6.45, 7) is 15.1. The van der Waals surface area contributed by atoms with Crippen molar-refractivity contribution in [3.63, 3.8) is 0 Å². The third-order valence-corrected chi connectivity index (χ3v) is 7.56. The number of hydrogen-bond donors (Lipinski definition) is 0. The standard InChI is InChI=1S/C13H21NOSi/c1-11(12-7-9-14-10-8-12)15-16(5,6)13(2,3)4/h7-10H,1H2,2-6H3. The van der Waals surface area contributed by atoms with Gasteiger partial charge in [0.15, 0.2) is 0 Å². The normalized spacial score (nSPS) is 12.3. The van der Waals surface area contributed by atoms with Gasteiger partial charge < -0.3 is 4.43 Å². The van der Waals surface area contributed by atoms with Gasteiger partial charge in [-0.05, 0) is 30.3 Å². The van der Waals surface area contributed by atoms with E-state index in [1.54, 1.807) is 12.4 Å². The highest BCUT2D eigenvalue weighted by Gasteiger charge is 2.39. The molecule has 1 heterocycles. The molecule has 0 aliphatic carbocycles. The molecule has 3 heteroatoms. The fourth-order valence-electron chi connectivity index (χ4n) is 1.06. The van der Waals surface area contributed by atoms with E-state index in [1.807, 2.05) is 12.1 Å². The van der Waals surface area contributed by atoms with Gasteiger partial charge in [0.05, 0.1) is 0 Å². The van der Waals surface area contributed by atoms with Gasteiger partial charge in [0.25, 0.3) is 0 Å². The van der Waals surface area contributed by atoms with E-state index in [1.165, 1.54) is 0 Å².